The number of carbonyl (C=O) groups is 1. The van der Waals surface area contributed by atoms with Gasteiger partial charge in [0.15, 0.2) is 5.76 Å². The Labute approximate surface area is 141 Å². The number of furan rings is 1. The molecule has 4 nitrogen and oxygen atoms in total. The molecule has 0 unspecified atom stereocenters. The van der Waals surface area contributed by atoms with Crippen LogP contribution in [0.1, 0.15) is 35.5 Å². The molecule has 1 aromatic carbocycles. The smallest absolute Gasteiger partial charge is 0.289 e. The van der Waals surface area contributed by atoms with E-state index in [0.29, 0.717) is 18.2 Å². The van der Waals surface area contributed by atoms with Crippen LogP contribution in [0, 0.1) is 5.92 Å². The fourth-order valence-electron chi connectivity index (χ4n) is 3.65. The molecule has 0 bridgehead atoms. The van der Waals surface area contributed by atoms with Gasteiger partial charge in [-0.3, -0.25) is 4.79 Å². The first-order valence-electron chi connectivity index (χ1n) is 8.56. The van der Waals surface area contributed by atoms with Crippen LogP contribution in [0.15, 0.2) is 47.2 Å². The van der Waals surface area contributed by atoms with Gasteiger partial charge in [0.2, 0.25) is 0 Å². The van der Waals surface area contributed by atoms with Gasteiger partial charge in [-0.2, -0.15) is 0 Å². The van der Waals surface area contributed by atoms with Gasteiger partial charge in [-0.15, -0.1) is 0 Å². The molecule has 124 valence electrons. The lowest BCUT2D eigenvalue weighted by Crippen LogP contribution is -2.31. The Balaban J connectivity index is 1.72. The molecule has 0 saturated carbocycles. The van der Waals surface area contributed by atoms with E-state index in [2.05, 4.69) is 42.8 Å². The molecular formula is C20H22N2O2. The number of benzene rings is 1. The van der Waals surface area contributed by atoms with Gasteiger partial charge in [0.25, 0.3) is 5.91 Å². The molecule has 1 aliphatic rings. The molecule has 1 aliphatic heterocycles. The second kappa shape index (κ2) is 5.86. The molecule has 0 saturated heterocycles. The van der Waals surface area contributed by atoms with Gasteiger partial charge in [0, 0.05) is 36.7 Å². The molecule has 2 aromatic heterocycles. The quantitative estimate of drug-likeness (QED) is 0.728. The summed E-state index contributed by atoms with van der Waals surface area (Å²) in [4.78, 5) is 14.5. The molecule has 0 radical (unpaired) electrons. The van der Waals surface area contributed by atoms with Crippen molar-refractivity contribution in [2.45, 2.75) is 33.4 Å². The largest absolute Gasteiger partial charge is 0.459 e. The highest BCUT2D eigenvalue weighted by Gasteiger charge is 2.24. The second-order valence-corrected chi connectivity index (χ2v) is 6.97. The van der Waals surface area contributed by atoms with Gasteiger partial charge in [-0.25, -0.2) is 0 Å². The molecule has 0 fully saturated rings. The summed E-state index contributed by atoms with van der Waals surface area (Å²) in [5, 5.41) is 1.33. The second-order valence-electron chi connectivity index (χ2n) is 6.97. The standard InChI is InChI=1S/C20H22N2O2/c1-14(2)11-22-13-16-8-9-21(20(23)18-7-4-10-24-18)12-15-5-3-6-17(22)19(15)16/h3-7,10,13-14H,8-9,11-12H2,1-2H3. The van der Waals surface area contributed by atoms with Gasteiger partial charge in [0.05, 0.1) is 6.26 Å². The number of rotatable bonds is 3. The predicted octanol–water partition coefficient (Wildman–Crippen LogP) is 4.09. The topological polar surface area (TPSA) is 38.4 Å². The molecule has 0 atom stereocenters. The molecule has 24 heavy (non-hydrogen) atoms. The molecule has 0 aliphatic carbocycles. The first kappa shape index (κ1) is 15.1. The zero-order valence-electron chi connectivity index (χ0n) is 14.2. The fourth-order valence-corrected chi connectivity index (χ4v) is 3.65. The Morgan fingerprint density at radius 1 is 1.21 bits per heavy atom. The lowest BCUT2D eigenvalue weighted by Gasteiger charge is -2.20. The van der Waals surface area contributed by atoms with Crippen molar-refractivity contribution in [1.29, 1.82) is 0 Å². The summed E-state index contributed by atoms with van der Waals surface area (Å²) >= 11 is 0. The van der Waals surface area contributed by atoms with E-state index < -0.39 is 0 Å². The zero-order valence-corrected chi connectivity index (χ0v) is 14.2. The Bertz CT molecular complexity index is 875. The molecule has 3 aromatic rings. The molecular weight excluding hydrogens is 300 g/mol. The van der Waals surface area contributed by atoms with E-state index in [1.807, 2.05) is 4.90 Å². The summed E-state index contributed by atoms with van der Waals surface area (Å²) in [5.74, 6) is 0.993. The van der Waals surface area contributed by atoms with Crippen molar-refractivity contribution in [3.8, 4) is 0 Å². The van der Waals surface area contributed by atoms with Crippen LogP contribution in [-0.2, 0) is 19.5 Å². The summed E-state index contributed by atoms with van der Waals surface area (Å²) in [7, 11) is 0. The van der Waals surface area contributed by atoms with E-state index in [1.165, 1.54) is 22.0 Å². The van der Waals surface area contributed by atoms with Crippen LogP contribution in [0.3, 0.4) is 0 Å². The predicted molar refractivity (Wildman–Crippen MR) is 93.9 cm³/mol. The van der Waals surface area contributed by atoms with Crippen LogP contribution in [0.25, 0.3) is 10.9 Å². The Morgan fingerprint density at radius 3 is 2.83 bits per heavy atom. The molecule has 4 rings (SSSR count). The maximum absolute atomic E-state index is 12.6. The van der Waals surface area contributed by atoms with E-state index >= 15 is 0 Å². The summed E-state index contributed by atoms with van der Waals surface area (Å²) in [6.45, 7) is 6.86. The highest BCUT2D eigenvalue weighted by Crippen LogP contribution is 2.30. The number of amides is 1. The molecule has 4 heteroatoms. The minimum absolute atomic E-state index is 0.0304. The summed E-state index contributed by atoms with van der Waals surface area (Å²) in [6.07, 6.45) is 4.70. The first-order chi connectivity index (χ1) is 11.6. The third-order valence-electron chi connectivity index (χ3n) is 4.66. The normalized spacial score (nSPS) is 14.4. The van der Waals surface area contributed by atoms with Gasteiger partial charge in [-0.05, 0) is 41.7 Å². The summed E-state index contributed by atoms with van der Waals surface area (Å²) in [5.41, 5.74) is 3.85. The van der Waals surface area contributed by atoms with E-state index in [1.54, 1.807) is 18.4 Å². The van der Waals surface area contributed by atoms with Crippen molar-refractivity contribution in [2.75, 3.05) is 6.54 Å². The Morgan fingerprint density at radius 2 is 2.08 bits per heavy atom. The van der Waals surface area contributed by atoms with Crippen molar-refractivity contribution in [2.24, 2.45) is 5.92 Å². The third-order valence-corrected chi connectivity index (χ3v) is 4.66. The van der Waals surface area contributed by atoms with Crippen molar-refractivity contribution in [3.63, 3.8) is 0 Å². The number of nitrogens with zero attached hydrogens (tertiary/aromatic N) is 2. The van der Waals surface area contributed by atoms with E-state index in [9.17, 15) is 4.79 Å². The molecule has 0 spiro atoms. The SMILES string of the molecule is CC(C)Cn1cc2c3c(cccc31)CN(C(=O)c1ccco1)CC2. The van der Waals surface area contributed by atoms with Crippen molar-refractivity contribution < 1.29 is 9.21 Å². The first-order valence-corrected chi connectivity index (χ1v) is 8.56. The third kappa shape index (κ3) is 2.52. The van der Waals surface area contributed by atoms with E-state index in [-0.39, 0.29) is 5.91 Å². The molecule has 0 N–H and O–H groups in total. The Hall–Kier alpha value is -2.49. The number of carbonyl (C=O) groups excluding carboxylic acids is 1. The molecule has 1 amide bonds. The van der Waals surface area contributed by atoms with Crippen LogP contribution in [0.2, 0.25) is 0 Å². The summed E-state index contributed by atoms with van der Waals surface area (Å²) < 4.78 is 7.65. The van der Waals surface area contributed by atoms with Crippen LogP contribution < -0.4 is 0 Å². The van der Waals surface area contributed by atoms with Crippen molar-refractivity contribution in [3.05, 3.63) is 59.7 Å². The van der Waals surface area contributed by atoms with Crippen LogP contribution in [-0.4, -0.2) is 21.9 Å². The number of aromatic nitrogens is 1. The van der Waals surface area contributed by atoms with Gasteiger partial charge >= 0.3 is 0 Å². The number of hydrogen-bond acceptors (Lipinski definition) is 2. The van der Waals surface area contributed by atoms with Gasteiger partial charge < -0.3 is 13.9 Å². The lowest BCUT2D eigenvalue weighted by molar-refractivity contribution is 0.0715. The monoisotopic (exact) mass is 322 g/mol. The highest BCUT2D eigenvalue weighted by molar-refractivity contribution is 5.93. The average Bonchev–Trinajstić information content (AvgIpc) is 3.15. The summed E-state index contributed by atoms with van der Waals surface area (Å²) in [6, 6.07) is 9.92. The van der Waals surface area contributed by atoms with Gasteiger partial charge in [-0.1, -0.05) is 26.0 Å². The van der Waals surface area contributed by atoms with E-state index in [4.69, 9.17) is 4.42 Å². The maximum Gasteiger partial charge on any atom is 0.289 e. The van der Waals surface area contributed by atoms with Crippen LogP contribution >= 0.6 is 0 Å². The minimum atomic E-state index is -0.0304. The van der Waals surface area contributed by atoms with Crippen molar-refractivity contribution >= 4 is 16.8 Å². The van der Waals surface area contributed by atoms with Crippen LogP contribution in [0.4, 0.5) is 0 Å². The fraction of sp³-hybridized carbons (Fsp3) is 0.350. The zero-order chi connectivity index (χ0) is 16.7. The highest BCUT2D eigenvalue weighted by atomic mass is 16.3. The van der Waals surface area contributed by atoms with Crippen LogP contribution in [0.5, 0.6) is 0 Å². The van der Waals surface area contributed by atoms with E-state index in [0.717, 1.165) is 19.5 Å². The van der Waals surface area contributed by atoms with Gasteiger partial charge in [0.1, 0.15) is 0 Å². The average molecular weight is 322 g/mol. The lowest BCUT2D eigenvalue weighted by atomic mass is 10.1. The molecule has 3 heterocycles. The number of hydrogen-bond donors (Lipinski definition) is 0. The minimum Gasteiger partial charge on any atom is -0.459 e. The Kier molecular flexibility index (Phi) is 3.68. The maximum atomic E-state index is 12.6. The van der Waals surface area contributed by atoms with Crippen molar-refractivity contribution in [1.82, 2.24) is 9.47 Å².